The highest BCUT2D eigenvalue weighted by atomic mass is 19.1. The third-order valence-corrected chi connectivity index (χ3v) is 2.78. The lowest BCUT2D eigenvalue weighted by atomic mass is 10.2. The Labute approximate surface area is 97.7 Å². The Morgan fingerprint density at radius 3 is 2.71 bits per heavy atom. The number of halogens is 2. The Kier molecular flexibility index (Phi) is 3.38. The van der Waals surface area contributed by atoms with Crippen molar-refractivity contribution in [2.24, 2.45) is 0 Å². The smallest absolute Gasteiger partial charge is 0.317 e. The van der Waals surface area contributed by atoms with Crippen molar-refractivity contribution in [3.63, 3.8) is 0 Å². The molecule has 0 heterocycles. The second kappa shape index (κ2) is 4.79. The van der Waals surface area contributed by atoms with Crippen LogP contribution in [0.5, 0.6) is 0 Å². The van der Waals surface area contributed by atoms with Gasteiger partial charge in [0, 0.05) is 18.2 Å². The fourth-order valence-corrected chi connectivity index (χ4v) is 1.81. The largest absolute Gasteiger partial charge is 0.480 e. The maximum Gasteiger partial charge on any atom is 0.317 e. The van der Waals surface area contributed by atoms with Crippen LogP contribution in [-0.2, 0) is 11.3 Å². The Morgan fingerprint density at radius 2 is 2.12 bits per heavy atom. The lowest BCUT2D eigenvalue weighted by Gasteiger charge is -2.19. The molecule has 3 nitrogen and oxygen atoms in total. The molecular formula is C12H13F2NO2. The third kappa shape index (κ3) is 3.23. The first-order valence-corrected chi connectivity index (χ1v) is 5.46. The fraction of sp³-hybridized carbons (Fsp3) is 0.417. The van der Waals surface area contributed by atoms with Crippen LogP contribution in [0.4, 0.5) is 8.78 Å². The lowest BCUT2D eigenvalue weighted by molar-refractivity contribution is -0.138. The summed E-state index contributed by atoms with van der Waals surface area (Å²) >= 11 is 0. The van der Waals surface area contributed by atoms with Gasteiger partial charge in [0.2, 0.25) is 0 Å². The van der Waals surface area contributed by atoms with Crippen molar-refractivity contribution in [2.75, 3.05) is 6.54 Å². The molecule has 1 N–H and O–H groups in total. The Hall–Kier alpha value is -1.49. The maximum atomic E-state index is 13.4. The molecular weight excluding hydrogens is 228 g/mol. The predicted molar refractivity (Wildman–Crippen MR) is 57.4 cm³/mol. The van der Waals surface area contributed by atoms with Gasteiger partial charge in [-0.25, -0.2) is 8.78 Å². The number of benzene rings is 1. The molecule has 1 aliphatic carbocycles. The maximum absolute atomic E-state index is 13.4. The number of aliphatic carboxylic acids is 1. The molecule has 92 valence electrons. The van der Waals surface area contributed by atoms with Crippen molar-refractivity contribution in [2.45, 2.75) is 25.4 Å². The molecule has 0 spiro atoms. The zero-order chi connectivity index (χ0) is 12.4. The molecule has 0 aromatic heterocycles. The third-order valence-electron chi connectivity index (χ3n) is 2.78. The molecule has 1 saturated carbocycles. The second-order valence-electron chi connectivity index (χ2n) is 4.27. The highest BCUT2D eigenvalue weighted by molar-refractivity contribution is 5.69. The van der Waals surface area contributed by atoms with Gasteiger partial charge in [-0.3, -0.25) is 9.69 Å². The Morgan fingerprint density at radius 1 is 1.41 bits per heavy atom. The van der Waals surface area contributed by atoms with E-state index in [0.29, 0.717) is 0 Å². The van der Waals surface area contributed by atoms with E-state index in [4.69, 9.17) is 5.11 Å². The summed E-state index contributed by atoms with van der Waals surface area (Å²) in [6.45, 7) is 0.00117. The van der Waals surface area contributed by atoms with Crippen LogP contribution < -0.4 is 0 Å². The van der Waals surface area contributed by atoms with E-state index in [1.165, 1.54) is 0 Å². The van der Waals surface area contributed by atoms with E-state index in [2.05, 4.69) is 0 Å². The van der Waals surface area contributed by atoms with Crippen LogP contribution in [-0.4, -0.2) is 28.6 Å². The normalized spacial score (nSPS) is 15.2. The van der Waals surface area contributed by atoms with E-state index in [0.717, 1.165) is 31.0 Å². The Balaban J connectivity index is 2.10. The van der Waals surface area contributed by atoms with Crippen molar-refractivity contribution in [3.8, 4) is 0 Å². The van der Waals surface area contributed by atoms with Crippen molar-refractivity contribution in [1.82, 2.24) is 4.90 Å². The average molecular weight is 241 g/mol. The summed E-state index contributed by atoms with van der Waals surface area (Å²) < 4.78 is 26.4. The monoisotopic (exact) mass is 241 g/mol. The zero-order valence-electron chi connectivity index (χ0n) is 9.20. The molecule has 5 heteroatoms. The summed E-state index contributed by atoms with van der Waals surface area (Å²) in [6, 6.07) is 3.43. The first-order valence-electron chi connectivity index (χ1n) is 5.46. The fourth-order valence-electron chi connectivity index (χ4n) is 1.81. The molecule has 1 aliphatic rings. The summed E-state index contributed by atoms with van der Waals surface area (Å²) in [5.74, 6) is -1.95. The van der Waals surface area contributed by atoms with Crippen molar-refractivity contribution >= 4 is 5.97 Å². The lowest BCUT2D eigenvalue weighted by Crippen LogP contribution is -2.31. The minimum atomic E-state index is -0.950. The highest BCUT2D eigenvalue weighted by Gasteiger charge is 2.30. The molecule has 2 rings (SSSR count). The van der Waals surface area contributed by atoms with Gasteiger partial charge in [0.05, 0.1) is 6.54 Å². The van der Waals surface area contributed by atoms with Crippen molar-refractivity contribution in [3.05, 3.63) is 35.4 Å². The first-order chi connectivity index (χ1) is 8.06. The molecule has 0 amide bonds. The van der Waals surface area contributed by atoms with Crippen LogP contribution in [0.3, 0.4) is 0 Å². The van der Waals surface area contributed by atoms with Gasteiger partial charge >= 0.3 is 5.97 Å². The van der Waals surface area contributed by atoms with Gasteiger partial charge in [-0.1, -0.05) is 0 Å². The van der Waals surface area contributed by atoms with Crippen LogP contribution in [0, 0.1) is 11.6 Å². The van der Waals surface area contributed by atoms with Gasteiger partial charge in [0.15, 0.2) is 0 Å². The Bertz CT molecular complexity index is 433. The second-order valence-corrected chi connectivity index (χ2v) is 4.27. The van der Waals surface area contributed by atoms with Gasteiger partial charge in [0.25, 0.3) is 0 Å². The highest BCUT2D eigenvalue weighted by Crippen LogP contribution is 2.28. The van der Waals surface area contributed by atoms with Crippen LogP contribution >= 0.6 is 0 Å². The number of nitrogens with zero attached hydrogens (tertiary/aromatic N) is 1. The van der Waals surface area contributed by atoms with Gasteiger partial charge in [0.1, 0.15) is 11.6 Å². The molecule has 0 bridgehead atoms. The first kappa shape index (κ1) is 12.0. The van der Waals surface area contributed by atoms with Crippen molar-refractivity contribution < 1.29 is 18.7 Å². The topological polar surface area (TPSA) is 40.5 Å². The standard InChI is InChI=1S/C12H13F2NO2/c13-9-1-4-11(14)8(5-9)6-15(7-12(16)17)10-2-3-10/h1,4-5,10H,2-3,6-7H2,(H,16,17). The van der Waals surface area contributed by atoms with Crippen LogP contribution in [0.25, 0.3) is 0 Å². The molecule has 17 heavy (non-hydrogen) atoms. The average Bonchev–Trinajstić information content (AvgIpc) is 3.05. The van der Waals surface area contributed by atoms with Gasteiger partial charge in [-0.2, -0.15) is 0 Å². The SMILES string of the molecule is O=C(O)CN(Cc1cc(F)ccc1F)C1CC1. The molecule has 0 saturated heterocycles. The van der Waals surface area contributed by atoms with Gasteiger partial charge in [-0.15, -0.1) is 0 Å². The summed E-state index contributed by atoms with van der Waals surface area (Å²) in [6.07, 6.45) is 1.84. The van der Waals surface area contributed by atoms with Gasteiger partial charge in [-0.05, 0) is 31.0 Å². The summed E-state index contributed by atoms with van der Waals surface area (Å²) in [5.41, 5.74) is 0.207. The van der Waals surface area contributed by atoms with E-state index in [1.807, 2.05) is 0 Å². The molecule has 0 aliphatic heterocycles. The number of carbonyl (C=O) groups is 1. The number of hydrogen-bond acceptors (Lipinski definition) is 2. The number of carboxylic acids is 1. The minimum Gasteiger partial charge on any atom is -0.480 e. The van der Waals surface area contributed by atoms with E-state index >= 15 is 0 Å². The number of rotatable bonds is 5. The summed E-state index contributed by atoms with van der Waals surface area (Å²) in [4.78, 5) is 12.3. The van der Waals surface area contributed by atoms with Gasteiger partial charge < -0.3 is 5.11 Å². The predicted octanol–water partition coefficient (Wildman–Crippen LogP) is 2.01. The van der Waals surface area contributed by atoms with E-state index in [9.17, 15) is 13.6 Å². The summed E-state index contributed by atoms with van der Waals surface area (Å²) in [7, 11) is 0. The van der Waals surface area contributed by atoms with E-state index in [1.54, 1.807) is 4.90 Å². The van der Waals surface area contributed by atoms with Crippen molar-refractivity contribution in [1.29, 1.82) is 0 Å². The zero-order valence-corrected chi connectivity index (χ0v) is 9.20. The van der Waals surface area contributed by atoms with E-state index in [-0.39, 0.29) is 24.7 Å². The number of hydrogen-bond donors (Lipinski definition) is 1. The number of carboxylic acid groups (broad SMARTS) is 1. The van der Waals surface area contributed by atoms with Crippen LogP contribution in [0.1, 0.15) is 18.4 Å². The molecule has 1 aromatic carbocycles. The minimum absolute atomic E-state index is 0.138. The molecule has 1 fully saturated rings. The molecule has 1 aromatic rings. The van der Waals surface area contributed by atoms with Crippen LogP contribution in [0.15, 0.2) is 18.2 Å². The van der Waals surface area contributed by atoms with E-state index < -0.39 is 17.6 Å². The molecule has 0 atom stereocenters. The molecule has 0 radical (unpaired) electrons. The molecule has 0 unspecified atom stereocenters. The van der Waals surface area contributed by atoms with Crippen LogP contribution in [0.2, 0.25) is 0 Å². The summed E-state index contributed by atoms with van der Waals surface area (Å²) in [5, 5.41) is 8.75. The quantitative estimate of drug-likeness (QED) is 0.857.